The van der Waals surface area contributed by atoms with Gasteiger partial charge in [0.25, 0.3) is 0 Å². The van der Waals surface area contributed by atoms with Crippen LogP contribution in [0.5, 0.6) is 0 Å². The van der Waals surface area contributed by atoms with Crippen LogP contribution in [0.2, 0.25) is 0 Å². The van der Waals surface area contributed by atoms with E-state index in [-0.39, 0.29) is 43.4 Å². The summed E-state index contributed by atoms with van der Waals surface area (Å²) >= 11 is 0. The summed E-state index contributed by atoms with van der Waals surface area (Å²) in [6.07, 6.45) is 2.97. The SMILES string of the molecule is CC(C)C[C@H](CC(=O)O)C(=O)N[C@H]1Cc2cn(c3ccccc23)CCC(=O)CCNC1=O. The normalized spacial score (nSPS) is 18.5. The van der Waals surface area contributed by atoms with E-state index in [1.165, 1.54) is 0 Å². The van der Waals surface area contributed by atoms with E-state index in [4.69, 9.17) is 0 Å². The molecule has 32 heavy (non-hydrogen) atoms. The minimum atomic E-state index is -1.05. The van der Waals surface area contributed by atoms with E-state index in [1.807, 2.05) is 48.9 Å². The molecule has 8 nitrogen and oxygen atoms in total. The predicted octanol–water partition coefficient (Wildman–Crippen LogP) is 2.28. The number of para-hydroxylation sites is 1. The maximum Gasteiger partial charge on any atom is 0.304 e. The van der Waals surface area contributed by atoms with Crippen molar-refractivity contribution < 1.29 is 24.3 Å². The summed E-state index contributed by atoms with van der Waals surface area (Å²) in [6, 6.07) is 6.92. The number of carboxylic acid groups (broad SMARTS) is 1. The first-order valence-electron chi connectivity index (χ1n) is 11.1. The number of Topliss-reactive ketones (excluding diaryl/α,β-unsaturated/α-hetero) is 1. The minimum absolute atomic E-state index is 0.0595. The van der Waals surface area contributed by atoms with Crippen molar-refractivity contribution in [1.82, 2.24) is 15.2 Å². The van der Waals surface area contributed by atoms with Crippen LogP contribution in [0.3, 0.4) is 0 Å². The highest BCUT2D eigenvalue weighted by Crippen LogP contribution is 2.24. The molecule has 0 fully saturated rings. The summed E-state index contributed by atoms with van der Waals surface area (Å²) in [6.45, 7) is 4.62. The third kappa shape index (κ3) is 5.96. The van der Waals surface area contributed by atoms with Crippen LogP contribution in [0.1, 0.15) is 45.1 Å². The van der Waals surface area contributed by atoms with Gasteiger partial charge in [0.15, 0.2) is 0 Å². The van der Waals surface area contributed by atoms with E-state index < -0.39 is 23.8 Å². The summed E-state index contributed by atoms with van der Waals surface area (Å²) in [5.41, 5.74) is 1.87. The van der Waals surface area contributed by atoms with Gasteiger partial charge in [0.2, 0.25) is 11.8 Å². The minimum Gasteiger partial charge on any atom is -0.481 e. The number of aliphatic carboxylic acids is 1. The van der Waals surface area contributed by atoms with Crippen molar-refractivity contribution in [2.24, 2.45) is 11.8 Å². The van der Waals surface area contributed by atoms with Crippen molar-refractivity contribution >= 4 is 34.5 Å². The fraction of sp³-hybridized carbons (Fsp3) is 0.500. The number of carbonyl (C=O) groups is 4. The highest BCUT2D eigenvalue weighted by atomic mass is 16.4. The number of hydrogen-bond donors (Lipinski definition) is 3. The maximum absolute atomic E-state index is 13.0. The Morgan fingerprint density at radius 3 is 2.69 bits per heavy atom. The summed E-state index contributed by atoms with van der Waals surface area (Å²) in [7, 11) is 0. The van der Waals surface area contributed by atoms with Crippen LogP contribution < -0.4 is 10.6 Å². The summed E-state index contributed by atoms with van der Waals surface area (Å²) in [5, 5.41) is 15.7. The number of ketones is 1. The lowest BCUT2D eigenvalue weighted by Crippen LogP contribution is -2.50. The fourth-order valence-electron chi connectivity index (χ4n) is 4.27. The fourth-order valence-corrected chi connectivity index (χ4v) is 4.27. The second kappa shape index (κ2) is 10.4. The van der Waals surface area contributed by atoms with E-state index in [1.54, 1.807) is 0 Å². The Kier molecular flexibility index (Phi) is 7.66. The molecule has 1 aliphatic rings. The number of nitrogens with zero attached hydrogens (tertiary/aromatic N) is 1. The molecular weight excluding hydrogens is 410 g/mol. The zero-order valence-electron chi connectivity index (χ0n) is 18.6. The van der Waals surface area contributed by atoms with E-state index in [9.17, 15) is 24.3 Å². The van der Waals surface area contributed by atoms with Crippen LogP contribution in [0.4, 0.5) is 0 Å². The number of aryl methyl sites for hydroxylation is 1. The molecule has 0 unspecified atom stereocenters. The molecule has 2 aromatic rings. The number of benzene rings is 1. The summed E-state index contributed by atoms with van der Waals surface area (Å²) in [4.78, 5) is 49.4. The summed E-state index contributed by atoms with van der Waals surface area (Å²) in [5.74, 6) is -2.38. The van der Waals surface area contributed by atoms with Crippen molar-refractivity contribution in [3.8, 4) is 0 Å². The first kappa shape index (κ1) is 23.5. The number of amides is 2. The van der Waals surface area contributed by atoms with Gasteiger partial charge < -0.3 is 20.3 Å². The number of hydrogen-bond acceptors (Lipinski definition) is 4. The largest absolute Gasteiger partial charge is 0.481 e. The van der Waals surface area contributed by atoms with Crippen molar-refractivity contribution in [3.63, 3.8) is 0 Å². The second-order valence-electron chi connectivity index (χ2n) is 8.88. The Morgan fingerprint density at radius 1 is 1.22 bits per heavy atom. The van der Waals surface area contributed by atoms with Crippen LogP contribution >= 0.6 is 0 Å². The third-order valence-corrected chi connectivity index (χ3v) is 5.81. The smallest absolute Gasteiger partial charge is 0.304 e. The molecular formula is C24H31N3O5. The van der Waals surface area contributed by atoms with Gasteiger partial charge in [-0.1, -0.05) is 32.0 Å². The van der Waals surface area contributed by atoms with Gasteiger partial charge >= 0.3 is 5.97 Å². The number of rotatable bonds is 6. The molecule has 0 radical (unpaired) electrons. The lowest BCUT2D eigenvalue weighted by molar-refractivity contribution is -0.141. The molecule has 1 aliphatic heterocycles. The quantitative estimate of drug-likeness (QED) is 0.636. The Morgan fingerprint density at radius 2 is 1.97 bits per heavy atom. The van der Waals surface area contributed by atoms with Crippen LogP contribution in [-0.2, 0) is 32.1 Å². The molecule has 0 spiro atoms. The molecule has 2 bridgehead atoms. The Balaban J connectivity index is 1.91. The highest BCUT2D eigenvalue weighted by molar-refractivity contribution is 5.92. The zero-order valence-corrected chi connectivity index (χ0v) is 18.6. The van der Waals surface area contributed by atoms with Gasteiger partial charge in [-0.3, -0.25) is 19.2 Å². The molecule has 2 atom stereocenters. The molecule has 0 aliphatic carbocycles. The number of carboxylic acids is 1. The zero-order chi connectivity index (χ0) is 23.3. The standard InChI is InChI=1S/C24H31N3O5/c1-15(2)11-16(13-22(29)30)23(31)26-20-12-17-14-27(21-6-4-3-5-19(17)21)10-8-18(28)7-9-25-24(20)32/h3-6,14-16,20H,7-13H2,1-2H3,(H,25,32)(H,26,31)(H,29,30)/t16-,20+/m1/s1. The first-order valence-corrected chi connectivity index (χ1v) is 11.1. The van der Waals surface area contributed by atoms with Crippen molar-refractivity contribution in [2.75, 3.05) is 6.54 Å². The molecule has 2 heterocycles. The highest BCUT2D eigenvalue weighted by Gasteiger charge is 2.29. The van der Waals surface area contributed by atoms with Crippen LogP contribution in [0, 0.1) is 11.8 Å². The van der Waals surface area contributed by atoms with Crippen LogP contribution in [0.25, 0.3) is 10.9 Å². The van der Waals surface area contributed by atoms with E-state index >= 15 is 0 Å². The lowest BCUT2D eigenvalue weighted by atomic mass is 9.92. The topological polar surface area (TPSA) is 117 Å². The van der Waals surface area contributed by atoms with Gasteiger partial charge in [-0.05, 0) is 24.0 Å². The Hall–Kier alpha value is -3.16. The molecule has 3 rings (SSSR count). The van der Waals surface area contributed by atoms with Crippen LogP contribution in [0.15, 0.2) is 30.5 Å². The molecule has 172 valence electrons. The maximum atomic E-state index is 13.0. The van der Waals surface area contributed by atoms with Crippen molar-refractivity contribution in [1.29, 1.82) is 0 Å². The lowest BCUT2D eigenvalue weighted by Gasteiger charge is -2.23. The number of carbonyl (C=O) groups excluding carboxylic acids is 3. The predicted molar refractivity (Wildman–Crippen MR) is 120 cm³/mol. The van der Waals surface area contributed by atoms with Gasteiger partial charge in [0.1, 0.15) is 11.8 Å². The van der Waals surface area contributed by atoms with Gasteiger partial charge in [-0.2, -0.15) is 0 Å². The molecule has 0 saturated heterocycles. The van der Waals surface area contributed by atoms with Gasteiger partial charge in [-0.25, -0.2) is 0 Å². The summed E-state index contributed by atoms with van der Waals surface area (Å²) < 4.78 is 2.02. The average Bonchev–Trinajstić information content (AvgIpc) is 3.07. The van der Waals surface area contributed by atoms with Gasteiger partial charge in [0, 0.05) is 55.4 Å². The van der Waals surface area contributed by atoms with Gasteiger partial charge in [-0.15, -0.1) is 0 Å². The molecule has 3 N–H and O–H groups in total. The second-order valence-corrected chi connectivity index (χ2v) is 8.88. The number of fused-ring (bicyclic) bond motifs is 5. The van der Waals surface area contributed by atoms with Crippen LogP contribution in [-0.4, -0.2) is 45.8 Å². The average molecular weight is 442 g/mol. The van der Waals surface area contributed by atoms with E-state index in [0.717, 1.165) is 16.5 Å². The number of aromatic nitrogens is 1. The molecule has 0 saturated carbocycles. The number of nitrogens with one attached hydrogen (secondary N) is 2. The monoisotopic (exact) mass is 441 g/mol. The molecule has 8 heteroatoms. The molecule has 2 amide bonds. The third-order valence-electron chi connectivity index (χ3n) is 5.81. The van der Waals surface area contributed by atoms with Crippen molar-refractivity contribution in [2.45, 2.75) is 58.5 Å². The molecule has 1 aromatic carbocycles. The van der Waals surface area contributed by atoms with Gasteiger partial charge in [0.05, 0.1) is 6.42 Å². The Labute approximate surface area is 187 Å². The van der Waals surface area contributed by atoms with E-state index in [2.05, 4.69) is 10.6 Å². The molecule has 1 aromatic heterocycles. The Bertz CT molecular complexity index is 1010. The first-order chi connectivity index (χ1) is 15.2. The van der Waals surface area contributed by atoms with E-state index in [0.29, 0.717) is 19.4 Å². The van der Waals surface area contributed by atoms with Crippen molar-refractivity contribution in [3.05, 3.63) is 36.0 Å².